The summed E-state index contributed by atoms with van der Waals surface area (Å²) in [7, 11) is -3.63. The second kappa shape index (κ2) is 6.44. The third-order valence-corrected chi connectivity index (χ3v) is 5.35. The summed E-state index contributed by atoms with van der Waals surface area (Å²) in [5, 5.41) is 8.04. The molecule has 0 radical (unpaired) electrons. The van der Waals surface area contributed by atoms with E-state index in [2.05, 4.69) is 0 Å². The summed E-state index contributed by atoms with van der Waals surface area (Å²) >= 11 is 0. The van der Waals surface area contributed by atoms with Crippen LogP contribution in [-0.4, -0.2) is 49.8 Å². The number of nitrogens with one attached hydrogen (secondary N) is 1. The van der Waals surface area contributed by atoms with E-state index in [9.17, 15) is 8.42 Å². The zero-order valence-electron chi connectivity index (χ0n) is 12.2. The van der Waals surface area contributed by atoms with E-state index in [-0.39, 0.29) is 10.9 Å². The zero-order chi connectivity index (χ0) is 15.5. The van der Waals surface area contributed by atoms with Crippen molar-refractivity contribution in [3.63, 3.8) is 0 Å². The molecule has 0 saturated carbocycles. The first kappa shape index (κ1) is 15.8. The van der Waals surface area contributed by atoms with Crippen molar-refractivity contribution in [1.29, 1.82) is 5.41 Å². The molecule has 1 aliphatic heterocycles. The van der Waals surface area contributed by atoms with E-state index in [1.807, 2.05) is 6.92 Å². The quantitative estimate of drug-likeness (QED) is 0.814. The number of nitrogens with two attached hydrogens (primary N) is 1. The first-order valence-corrected chi connectivity index (χ1v) is 8.60. The van der Waals surface area contributed by atoms with Gasteiger partial charge in [0.05, 0.1) is 11.4 Å². The van der Waals surface area contributed by atoms with Gasteiger partial charge in [0, 0.05) is 13.1 Å². The van der Waals surface area contributed by atoms with Gasteiger partial charge >= 0.3 is 0 Å². The third-order valence-electron chi connectivity index (χ3n) is 3.55. The lowest BCUT2D eigenvalue weighted by Crippen LogP contribution is -2.37. The van der Waals surface area contributed by atoms with Gasteiger partial charge in [-0.05, 0) is 37.1 Å². The van der Waals surface area contributed by atoms with Gasteiger partial charge in [0.2, 0.25) is 5.96 Å². The topological polar surface area (TPSA) is 90.5 Å². The highest BCUT2D eigenvalue weighted by Crippen LogP contribution is 2.21. The average molecular weight is 310 g/mol. The molecule has 6 nitrogen and oxygen atoms in total. The maximum atomic E-state index is 12.6. The summed E-state index contributed by atoms with van der Waals surface area (Å²) in [6.45, 7) is 4.18. The normalized spacial score (nSPS) is 15.8. The molecule has 1 aliphatic rings. The second-order valence-corrected chi connectivity index (χ2v) is 6.93. The molecule has 0 unspecified atom stereocenters. The molecule has 1 aromatic rings. The largest absolute Gasteiger partial charge is 0.340 e. The Kier molecular flexibility index (Phi) is 4.84. The minimum Gasteiger partial charge on any atom is -0.340 e. The lowest BCUT2D eigenvalue weighted by Gasteiger charge is -2.21. The van der Waals surface area contributed by atoms with Crippen LogP contribution < -0.4 is 5.73 Å². The van der Waals surface area contributed by atoms with E-state index < -0.39 is 10.0 Å². The molecule has 0 atom stereocenters. The lowest BCUT2D eigenvalue weighted by atomic mass is 10.2. The van der Waals surface area contributed by atoms with Crippen LogP contribution in [-0.2, 0) is 16.4 Å². The molecule has 0 aliphatic carbocycles. The van der Waals surface area contributed by atoms with Crippen LogP contribution in [0.3, 0.4) is 0 Å². The molecule has 116 valence electrons. The molecule has 1 fully saturated rings. The summed E-state index contributed by atoms with van der Waals surface area (Å²) in [4.78, 5) is 2.02. The Bertz CT molecular complexity index is 598. The van der Waals surface area contributed by atoms with Crippen molar-refractivity contribution < 1.29 is 8.42 Å². The van der Waals surface area contributed by atoms with Crippen LogP contribution in [0.2, 0.25) is 0 Å². The number of hydrogen-bond acceptors (Lipinski definition) is 4. The summed E-state index contributed by atoms with van der Waals surface area (Å²) in [6.07, 6.45) is 1.62. The molecule has 0 aromatic heterocycles. The standard InChI is InChI=1S/C14H22N4O2S/c1-2-9-17-10-11-18(14(17)16)21(19,20)13-5-3-12(4-6-13)7-8-15/h3-6,16H,2,7-11,15H2,1H3. The zero-order valence-corrected chi connectivity index (χ0v) is 13.1. The number of rotatable bonds is 6. The van der Waals surface area contributed by atoms with Crippen LogP contribution >= 0.6 is 0 Å². The average Bonchev–Trinajstić information content (AvgIpc) is 2.82. The fraction of sp³-hybridized carbons (Fsp3) is 0.500. The number of sulfonamides is 1. The Morgan fingerprint density at radius 2 is 1.90 bits per heavy atom. The van der Waals surface area contributed by atoms with Crippen LogP contribution in [0.25, 0.3) is 0 Å². The second-order valence-electron chi connectivity index (χ2n) is 5.07. The van der Waals surface area contributed by atoms with Crippen molar-refractivity contribution in [2.45, 2.75) is 24.7 Å². The molecule has 1 saturated heterocycles. The van der Waals surface area contributed by atoms with Gasteiger partial charge in [0.1, 0.15) is 0 Å². The van der Waals surface area contributed by atoms with Crippen LogP contribution in [0, 0.1) is 5.41 Å². The predicted molar refractivity (Wildman–Crippen MR) is 82.7 cm³/mol. The Morgan fingerprint density at radius 1 is 1.24 bits per heavy atom. The maximum absolute atomic E-state index is 12.6. The molecule has 0 spiro atoms. The minimum absolute atomic E-state index is 0.0721. The molecule has 2 rings (SSSR count). The van der Waals surface area contributed by atoms with Crippen molar-refractivity contribution in [3.05, 3.63) is 29.8 Å². The molecular formula is C14H22N4O2S. The molecular weight excluding hydrogens is 288 g/mol. The van der Waals surface area contributed by atoms with Crippen LogP contribution in [0.4, 0.5) is 0 Å². The number of hydrogen-bond donors (Lipinski definition) is 2. The lowest BCUT2D eigenvalue weighted by molar-refractivity contribution is 0.458. The maximum Gasteiger partial charge on any atom is 0.266 e. The number of guanidine groups is 1. The first-order chi connectivity index (χ1) is 10.0. The van der Waals surface area contributed by atoms with E-state index in [4.69, 9.17) is 11.1 Å². The molecule has 1 aromatic carbocycles. The highest BCUT2D eigenvalue weighted by atomic mass is 32.2. The highest BCUT2D eigenvalue weighted by molar-refractivity contribution is 7.89. The van der Waals surface area contributed by atoms with Crippen molar-refractivity contribution >= 4 is 16.0 Å². The molecule has 1 heterocycles. The van der Waals surface area contributed by atoms with Gasteiger partial charge in [-0.1, -0.05) is 19.1 Å². The van der Waals surface area contributed by atoms with Crippen LogP contribution in [0.5, 0.6) is 0 Å². The van der Waals surface area contributed by atoms with Crippen molar-refractivity contribution in [2.24, 2.45) is 5.73 Å². The van der Waals surface area contributed by atoms with Gasteiger partial charge in [-0.15, -0.1) is 0 Å². The van der Waals surface area contributed by atoms with Gasteiger partial charge in [-0.3, -0.25) is 5.41 Å². The Balaban J connectivity index is 2.20. The van der Waals surface area contributed by atoms with E-state index in [0.717, 1.165) is 18.4 Å². The SMILES string of the molecule is CCCN1CCN(S(=O)(=O)c2ccc(CCN)cc2)C1=N. The Morgan fingerprint density at radius 3 is 2.48 bits per heavy atom. The predicted octanol–water partition coefficient (Wildman–Crippen LogP) is 0.839. The highest BCUT2D eigenvalue weighted by Gasteiger charge is 2.34. The van der Waals surface area contributed by atoms with Crippen LogP contribution in [0.1, 0.15) is 18.9 Å². The number of nitrogens with zero attached hydrogens (tertiary/aromatic N) is 2. The smallest absolute Gasteiger partial charge is 0.266 e. The molecule has 7 heteroatoms. The Hall–Kier alpha value is -1.60. The summed E-state index contributed by atoms with van der Waals surface area (Å²) in [6, 6.07) is 6.75. The summed E-state index contributed by atoms with van der Waals surface area (Å²) in [5.74, 6) is 0.0721. The van der Waals surface area contributed by atoms with Gasteiger partial charge < -0.3 is 10.6 Å². The van der Waals surface area contributed by atoms with E-state index >= 15 is 0 Å². The van der Waals surface area contributed by atoms with Crippen LogP contribution in [0.15, 0.2) is 29.2 Å². The molecule has 0 bridgehead atoms. The minimum atomic E-state index is -3.63. The molecule has 3 N–H and O–H groups in total. The number of benzene rings is 1. The van der Waals surface area contributed by atoms with E-state index in [0.29, 0.717) is 26.2 Å². The third kappa shape index (κ3) is 3.19. The molecule has 0 amide bonds. The summed E-state index contributed by atoms with van der Waals surface area (Å²) in [5.41, 5.74) is 6.50. The van der Waals surface area contributed by atoms with Gasteiger partial charge in [0.15, 0.2) is 0 Å². The summed E-state index contributed by atoms with van der Waals surface area (Å²) < 4.78 is 26.4. The van der Waals surface area contributed by atoms with E-state index in [1.54, 1.807) is 29.2 Å². The van der Waals surface area contributed by atoms with Gasteiger partial charge in [-0.2, -0.15) is 0 Å². The van der Waals surface area contributed by atoms with E-state index in [1.165, 1.54) is 4.31 Å². The van der Waals surface area contributed by atoms with Gasteiger partial charge in [0.25, 0.3) is 10.0 Å². The van der Waals surface area contributed by atoms with Crippen molar-refractivity contribution in [2.75, 3.05) is 26.2 Å². The van der Waals surface area contributed by atoms with Crippen molar-refractivity contribution in [1.82, 2.24) is 9.21 Å². The monoisotopic (exact) mass is 310 g/mol. The fourth-order valence-electron chi connectivity index (χ4n) is 2.42. The Labute approximate surface area is 126 Å². The van der Waals surface area contributed by atoms with Gasteiger partial charge in [-0.25, -0.2) is 12.7 Å². The molecule has 21 heavy (non-hydrogen) atoms. The fourth-order valence-corrected chi connectivity index (χ4v) is 3.82. The van der Waals surface area contributed by atoms with Crippen molar-refractivity contribution in [3.8, 4) is 0 Å². The first-order valence-electron chi connectivity index (χ1n) is 7.16.